The summed E-state index contributed by atoms with van der Waals surface area (Å²) in [5, 5.41) is 20.4. The van der Waals surface area contributed by atoms with E-state index in [-0.39, 0.29) is 13.2 Å². The normalized spacial score (nSPS) is 39.8. The van der Waals surface area contributed by atoms with Gasteiger partial charge in [0, 0.05) is 0 Å². The van der Waals surface area contributed by atoms with Gasteiger partial charge in [-0.25, -0.2) is 0 Å². The van der Waals surface area contributed by atoms with Crippen LogP contribution in [0.4, 0.5) is 0 Å². The van der Waals surface area contributed by atoms with Gasteiger partial charge < -0.3 is 28.7 Å². The molecule has 0 spiro atoms. The van der Waals surface area contributed by atoms with Gasteiger partial charge in [-0.2, -0.15) is 0 Å². The van der Waals surface area contributed by atoms with Crippen LogP contribution in [0.1, 0.15) is 230 Å². The first-order valence-electron chi connectivity index (χ1n) is 33.2. The summed E-state index contributed by atoms with van der Waals surface area (Å²) in [6.45, 7) is 33.3. The molecule has 6 saturated carbocycles. The van der Waals surface area contributed by atoms with Crippen LogP contribution in [0.25, 0.3) is 0 Å². The molecule has 6 heteroatoms. The first-order chi connectivity index (χ1) is 35.7. The van der Waals surface area contributed by atoms with Gasteiger partial charge in [0.1, 0.15) is 26.2 Å². The molecule has 6 fully saturated rings. The Morgan fingerprint density at radius 2 is 0.893 bits per heavy atom. The van der Waals surface area contributed by atoms with E-state index in [0.29, 0.717) is 33.9 Å². The number of ether oxygens (including phenoxy) is 2. The second-order valence-corrected chi connectivity index (χ2v) is 31.1. The molecular formula is C69H124N2O4+2. The maximum absolute atomic E-state index is 10.2. The summed E-state index contributed by atoms with van der Waals surface area (Å²) >= 11 is 0. The van der Waals surface area contributed by atoms with Crippen molar-refractivity contribution in [2.24, 2.45) is 92.7 Å². The van der Waals surface area contributed by atoms with Crippen molar-refractivity contribution in [1.29, 1.82) is 0 Å². The Kier molecular flexibility index (Phi) is 20.6. The highest BCUT2D eigenvalue weighted by Gasteiger charge is 2.61. The quantitative estimate of drug-likeness (QED) is 0.0466. The predicted molar refractivity (Wildman–Crippen MR) is 315 cm³/mol. The Balaban J connectivity index is 0.740. The van der Waals surface area contributed by atoms with Crippen molar-refractivity contribution in [2.45, 2.75) is 242 Å². The summed E-state index contributed by atoms with van der Waals surface area (Å²) in [5.74, 6) is 10.6. The monoisotopic (exact) mass is 1040 g/mol. The number of hydrogen-bond donors (Lipinski definition) is 2. The van der Waals surface area contributed by atoms with Crippen LogP contribution in [0, 0.1) is 92.7 Å². The largest absolute Gasteiger partial charge is 0.391 e. The van der Waals surface area contributed by atoms with E-state index >= 15 is 0 Å². The number of fused-ring (bicyclic) bond motifs is 10. The lowest BCUT2D eigenvalue weighted by atomic mass is 9.47. The van der Waals surface area contributed by atoms with Crippen molar-refractivity contribution in [3.63, 3.8) is 0 Å². The fourth-order valence-corrected chi connectivity index (χ4v) is 20.8. The number of nitrogens with zero attached hydrogens (tertiary/aromatic N) is 2. The van der Waals surface area contributed by atoms with E-state index in [4.69, 9.17) is 9.47 Å². The number of aliphatic hydroxyl groups excluding tert-OH is 2. The van der Waals surface area contributed by atoms with Gasteiger partial charge in [0.2, 0.25) is 0 Å². The second-order valence-electron chi connectivity index (χ2n) is 31.1. The lowest BCUT2D eigenvalue weighted by Gasteiger charge is -2.58. The van der Waals surface area contributed by atoms with E-state index in [1.807, 2.05) is 0 Å². The first kappa shape index (κ1) is 60.3. The van der Waals surface area contributed by atoms with Crippen molar-refractivity contribution in [2.75, 3.05) is 79.8 Å². The molecule has 18 atom stereocenters. The van der Waals surface area contributed by atoms with Crippen LogP contribution in [0.15, 0.2) is 23.3 Å². The Bertz CT molecular complexity index is 1730. The van der Waals surface area contributed by atoms with E-state index < -0.39 is 0 Å². The molecule has 0 aromatic rings. The molecule has 432 valence electrons. The highest BCUT2D eigenvalue weighted by molar-refractivity contribution is 5.27. The second kappa shape index (κ2) is 25.6. The summed E-state index contributed by atoms with van der Waals surface area (Å²) in [5.41, 5.74) is 5.31. The summed E-state index contributed by atoms with van der Waals surface area (Å²) < 4.78 is 15.4. The SMILES string of the molecule is CC(C)CCC[C@@H](C)[C@H]1CC[C@H]2[C@@H]3CC=C4C[C@@H](OCC[N+](C)(CCO)CCCCC[N+](C)(CCO)CCO[C@H]5CC[C@@]6(C)C(=CC[C@H]7[C@@H]8CC[C@H]([C@H](C)CCCC(C)C)[C@@]8(C)CC[C@@H]76)C5)CC[C@]4(C)[C@H]3CC[C@]12C. The van der Waals surface area contributed by atoms with Crippen LogP contribution in [0.3, 0.4) is 0 Å². The number of rotatable bonds is 28. The smallest absolute Gasteiger partial charge is 0.102 e. The molecule has 0 amide bonds. The number of likely N-dealkylation sites (N-methyl/N-ethyl adjacent to an activating group) is 2. The number of unbranched alkanes of at least 4 members (excludes halogenated alkanes) is 2. The Morgan fingerprint density at radius 1 is 0.480 bits per heavy atom. The molecule has 0 aliphatic heterocycles. The third kappa shape index (κ3) is 13.3. The Labute approximate surface area is 464 Å². The maximum atomic E-state index is 10.2. The zero-order valence-corrected chi connectivity index (χ0v) is 51.6. The van der Waals surface area contributed by atoms with Crippen LogP contribution in [0.2, 0.25) is 0 Å². The average molecular weight is 1050 g/mol. The Morgan fingerprint density at radius 3 is 1.28 bits per heavy atom. The molecule has 0 saturated heterocycles. The molecule has 0 bridgehead atoms. The first-order valence-corrected chi connectivity index (χ1v) is 33.2. The van der Waals surface area contributed by atoms with Gasteiger partial charge in [-0.15, -0.1) is 0 Å². The fourth-order valence-electron chi connectivity index (χ4n) is 20.8. The highest BCUT2D eigenvalue weighted by atomic mass is 16.5. The van der Waals surface area contributed by atoms with Gasteiger partial charge >= 0.3 is 0 Å². The van der Waals surface area contributed by atoms with Gasteiger partial charge in [0.05, 0.1) is 65.8 Å². The molecule has 0 aromatic heterocycles. The molecule has 75 heavy (non-hydrogen) atoms. The van der Waals surface area contributed by atoms with Crippen LogP contribution >= 0.6 is 0 Å². The Hall–Kier alpha value is -0.760. The van der Waals surface area contributed by atoms with E-state index in [9.17, 15) is 10.2 Å². The summed E-state index contributed by atoms with van der Waals surface area (Å²) in [6, 6.07) is 0. The van der Waals surface area contributed by atoms with Crippen LogP contribution in [-0.4, -0.2) is 111 Å². The molecule has 6 nitrogen and oxygen atoms in total. The van der Waals surface area contributed by atoms with Gasteiger partial charge in [-0.3, -0.25) is 0 Å². The fraction of sp³-hybridized carbons (Fsp3) is 0.942. The molecular weight excluding hydrogens is 921 g/mol. The maximum Gasteiger partial charge on any atom is 0.102 e. The molecule has 8 aliphatic rings. The molecule has 8 rings (SSSR count). The van der Waals surface area contributed by atoms with Crippen molar-refractivity contribution < 1.29 is 28.7 Å². The van der Waals surface area contributed by atoms with Gasteiger partial charge in [0.15, 0.2) is 0 Å². The minimum absolute atomic E-state index is 0.230. The van der Waals surface area contributed by atoms with Gasteiger partial charge in [-0.05, 0) is 215 Å². The molecule has 0 heterocycles. The summed E-state index contributed by atoms with van der Waals surface area (Å²) in [7, 11) is 4.70. The van der Waals surface area contributed by atoms with Gasteiger partial charge in [0.25, 0.3) is 0 Å². The van der Waals surface area contributed by atoms with Crippen molar-refractivity contribution in [3.8, 4) is 0 Å². The van der Waals surface area contributed by atoms with Crippen LogP contribution in [-0.2, 0) is 9.47 Å². The van der Waals surface area contributed by atoms with E-state index in [2.05, 4.69) is 95.5 Å². The lowest BCUT2D eigenvalue weighted by molar-refractivity contribution is -0.912. The number of hydrogen-bond acceptors (Lipinski definition) is 4. The van der Waals surface area contributed by atoms with Crippen molar-refractivity contribution in [1.82, 2.24) is 0 Å². The average Bonchev–Trinajstić information content (AvgIpc) is 3.91. The minimum atomic E-state index is 0.230. The molecule has 2 N–H and O–H groups in total. The molecule has 0 aromatic carbocycles. The van der Waals surface area contributed by atoms with Gasteiger partial charge in [-0.1, -0.05) is 131 Å². The van der Waals surface area contributed by atoms with Crippen molar-refractivity contribution >= 4 is 0 Å². The molecule has 0 radical (unpaired) electrons. The summed E-state index contributed by atoms with van der Waals surface area (Å²) in [4.78, 5) is 0. The summed E-state index contributed by atoms with van der Waals surface area (Å²) in [6.07, 6.45) is 39.7. The number of quaternary nitrogens is 2. The predicted octanol–water partition coefficient (Wildman–Crippen LogP) is 15.9. The topological polar surface area (TPSA) is 58.9 Å². The highest BCUT2D eigenvalue weighted by Crippen LogP contribution is 2.69. The standard InChI is InChI=1S/C69H124N2O4/c1-50(2)18-16-20-52(5)60-26-28-62-58-24-22-54-48-56(30-34-66(54,7)64(58)32-36-68(60,62)9)74-46-42-70(11,40-44-72)38-14-13-15-39-71(12,41-45-73)43-47-75-57-31-35-67(8)55(49-57)23-25-59-63-29-27-61(53(6)21-17-19-51(3)4)69(63,10)37-33-65(59)67/h22-23,50-53,56-65,72-73H,13-21,24-49H2,1-12H3/q+2/t52-,53-,56+,57+,58+,59+,60-,61-,62+,63+,64+,65+,66+,67+,68-,69-,70?,71?/m1/s1. The van der Waals surface area contributed by atoms with Crippen molar-refractivity contribution in [3.05, 3.63) is 23.3 Å². The van der Waals surface area contributed by atoms with E-state index in [1.54, 1.807) is 11.1 Å². The number of aliphatic hydroxyl groups is 2. The lowest BCUT2D eigenvalue weighted by Crippen LogP contribution is -2.51. The zero-order chi connectivity index (χ0) is 53.8. The van der Waals surface area contributed by atoms with Crippen LogP contribution < -0.4 is 0 Å². The molecule has 2 unspecified atom stereocenters. The van der Waals surface area contributed by atoms with E-state index in [1.165, 1.54) is 135 Å². The third-order valence-electron chi connectivity index (χ3n) is 25.7. The molecule has 8 aliphatic carbocycles. The minimum Gasteiger partial charge on any atom is -0.391 e. The van der Waals surface area contributed by atoms with E-state index in [0.717, 1.165) is 158 Å². The number of allylic oxidation sites excluding steroid dienone is 2. The zero-order valence-electron chi connectivity index (χ0n) is 51.6. The third-order valence-corrected chi connectivity index (χ3v) is 25.7. The van der Waals surface area contributed by atoms with Crippen LogP contribution in [0.5, 0.6) is 0 Å².